The molecule has 0 bridgehead atoms. The maximum absolute atomic E-state index is 11.0. The van der Waals surface area contributed by atoms with Crippen molar-refractivity contribution >= 4 is 0 Å². The van der Waals surface area contributed by atoms with E-state index in [1.807, 2.05) is 0 Å². The van der Waals surface area contributed by atoms with E-state index in [2.05, 4.69) is 19.9 Å². The van der Waals surface area contributed by atoms with Crippen LogP contribution in [0.5, 0.6) is 0 Å². The highest BCUT2D eigenvalue weighted by Gasteiger charge is 2.49. The van der Waals surface area contributed by atoms with Gasteiger partial charge in [0.1, 0.15) is 0 Å². The molecule has 0 radical (unpaired) electrons. The molecule has 0 saturated heterocycles. The van der Waals surface area contributed by atoms with E-state index >= 15 is 0 Å². The Morgan fingerprint density at radius 2 is 1.75 bits per heavy atom. The standard InChI is InChI=1S/C15H26O/c1-14(2)11-8-12-15(14,16)13-9-6-4-3-5-7-10-13/h9,16H,3-8,10-12H2,1-2H3. The maximum Gasteiger partial charge on any atom is 0.0907 e. The van der Waals surface area contributed by atoms with Crippen LogP contribution in [0.15, 0.2) is 11.6 Å². The van der Waals surface area contributed by atoms with Crippen molar-refractivity contribution in [2.75, 3.05) is 0 Å². The van der Waals surface area contributed by atoms with Crippen LogP contribution in [0, 0.1) is 5.41 Å². The SMILES string of the molecule is CC1(C)CCCC1(O)C1=CCCCCCC1. The summed E-state index contributed by atoms with van der Waals surface area (Å²) >= 11 is 0. The average Bonchev–Trinajstić information content (AvgIpc) is 2.41. The minimum absolute atomic E-state index is 0.0814. The highest BCUT2D eigenvalue weighted by atomic mass is 16.3. The van der Waals surface area contributed by atoms with Gasteiger partial charge < -0.3 is 5.11 Å². The predicted octanol–water partition coefficient (Wildman–Crippen LogP) is 4.21. The summed E-state index contributed by atoms with van der Waals surface area (Å²) in [5.41, 5.74) is 0.942. The molecule has 0 aromatic carbocycles. The molecule has 1 fully saturated rings. The van der Waals surface area contributed by atoms with Crippen molar-refractivity contribution in [3.8, 4) is 0 Å². The first kappa shape index (κ1) is 12.2. The van der Waals surface area contributed by atoms with Gasteiger partial charge in [-0.3, -0.25) is 0 Å². The van der Waals surface area contributed by atoms with Crippen LogP contribution in [0.1, 0.15) is 71.6 Å². The molecule has 0 aliphatic heterocycles. The van der Waals surface area contributed by atoms with Crippen molar-refractivity contribution in [3.05, 3.63) is 11.6 Å². The number of allylic oxidation sites excluding steroid dienone is 1. The fraction of sp³-hybridized carbons (Fsp3) is 0.867. The summed E-state index contributed by atoms with van der Waals surface area (Å²) in [5.74, 6) is 0. The van der Waals surface area contributed by atoms with Crippen LogP contribution < -0.4 is 0 Å². The van der Waals surface area contributed by atoms with Crippen molar-refractivity contribution in [1.82, 2.24) is 0 Å². The molecular formula is C15H26O. The van der Waals surface area contributed by atoms with Crippen molar-refractivity contribution in [2.45, 2.75) is 77.2 Å². The predicted molar refractivity (Wildman–Crippen MR) is 68.4 cm³/mol. The minimum atomic E-state index is -0.496. The summed E-state index contributed by atoms with van der Waals surface area (Å²) in [6.07, 6.45) is 13.3. The van der Waals surface area contributed by atoms with E-state index in [0.29, 0.717) is 0 Å². The number of hydrogen-bond acceptors (Lipinski definition) is 1. The molecule has 0 aromatic rings. The molecule has 0 aromatic heterocycles. The van der Waals surface area contributed by atoms with E-state index < -0.39 is 5.60 Å². The van der Waals surface area contributed by atoms with Gasteiger partial charge in [0, 0.05) is 0 Å². The smallest absolute Gasteiger partial charge is 0.0907 e. The molecule has 1 saturated carbocycles. The molecule has 1 N–H and O–H groups in total. The van der Waals surface area contributed by atoms with E-state index in [0.717, 1.165) is 12.8 Å². The lowest BCUT2D eigenvalue weighted by molar-refractivity contribution is -0.0119. The molecule has 1 unspecified atom stereocenters. The summed E-state index contributed by atoms with van der Waals surface area (Å²) in [4.78, 5) is 0. The van der Waals surface area contributed by atoms with E-state index in [1.165, 1.54) is 50.5 Å². The van der Waals surface area contributed by atoms with Gasteiger partial charge in [-0.15, -0.1) is 0 Å². The Bertz CT molecular complexity index is 277. The van der Waals surface area contributed by atoms with Crippen LogP contribution in [0.25, 0.3) is 0 Å². The summed E-state index contributed by atoms with van der Waals surface area (Å²) < 4.78 is 0. The molecule has 16 heavy (non-hydrogen) atoms. The van der Waals surface area contributed by atoms with Gasteiger partial charge in [-0.1, -0.05) is 32.8 Å². The van der Waals surface area contributed by atoms with Crippen LogP contribution in [0.4, 0.5) is 0 Å². The second-order valence-electron chi connectivity index (χ2n) is 6.28. The lowest BCUT2D eigenvalue weighted by Gasteiger charge is -2.39. The minimum Gasteiger partial charge on any atom is -0.385 e. The number of aliphatic hydroxyl groups is 1. The molecule has 1 nitrogen and oxygen atoms in total. The average molecular weight is 222 g/mol. The van der Waals surface area contributed by atoms with Crippen molar-refractivity contribution in [1.29, 1.82) is 0 Å². The van der Waals surface area contributed by atoms with Crippen LogP contribution >= 0.6 is 0 Å². The van der Waals surface area contributed by atoms with Gasteiger partial charge >= 0.3 is 0 Å². The van der Waals surface area contributed by atoms with Gasteiger partial charge in [-0.25, -0.2) is 0 Å². The van der Waals surface area contributed by atoms with Crippen LogP contribution in [-0.4, -0.2) is 10.7 Å². The third-order valence-corrected chi connectivity index (χ3v) is 4.78. The van der Waals surface area contributed by atoms with Crippen LogP contribution in [0.3, 0.4) is 0 Å². The highest BCUT2D eigenvalue weighted by Crippen LogP contribution is 2.51. The lowest BCUT2D eigenvalue weighted by atomic mass is 9.71. The van der Waals surface area contributed by atoms with Crippen molar-refractivity contribution < 1.29 is 5.11 Å². The van der Waals surface area contributed by atoms with Gasteiger partial charge in [0.25, 0.3) is 0 Å². The quantitative estimate of drug-likeness (QED) is 0.659. The first-order valence-electron chi connectivity index (χ1n) is 6.98. The van der Waals surface area contributed by atoms with Crippen molar-refractivity contribution in [3.63, 3.8) is 0 Å². The monoisotopic (exact) mass is 222 g/mol. The molecule has 2 rings (SSSR count). The second-order valence-corrected chi connectivity index (χ2v) is 6.28. The fourth-order valence-electron chi connectivity index (χ4n) is 3.49. The van der Waals surface area contributed by atoms with E-state index in [4.69, 9.17) is 0 Å². The number of rotatable bonds is 1. The molecule has 0 amide bonds. The van der Waals surface area contributed by atoms with E-state index in [9.17, 15) is 5.11 Å². The zero-order valence-electron chi connectivity index (χ0n) is 10.9. The highest BCUT2D eigenvalue weighted by molar-refractivity contribution is 5.24. The zero-order chi connectivity index (χ0) is 11.6. The first-order chi connectivity index (χ1) is 7.56. The number of hydrogen-bond donors (Lipinski definition) is 1. The molecule has 1 heteroatoms. The normalized spacial score (nSPS) is 35.3. The van der Waals surface area contributed by atoms with E-state index in [-0.39, 0.29) is 5.41 Å². The summed E-state index contributed by atoms with van der Waals surface area (Å²) in [6, 6.07) is 0. The Balaban J connectivity index is 2.20. The first-order valence-corrected chi connectivity index (χ1v) is 6.98. The van der Waals surface area contributed by atoms with Gasteiger partial charge in [0.2, 0.25) is 0 Å². The maximum atomic E-state index is 11.0. The third kappa shape index (κ3) is 2.07. The van der Waals surface area contributed by atoms with E-state index in [1.54, 1.807) is 0 Å². The molecule has 92 valence electrons. The lowest BCUT2D eigenvalue weighted by Crippen LogP contribution is -2.41. The largest absolute Gasteiger partial charge is 0.385 e. The Kier molecular flexibility index (Phi) is 3.44. The molecule has 0 heterocycles. The summed E-state index contributed by atoms with van der Waals surface area (Å²) in [6.45, 7) is 4.47. The van der Waals surface area contributed by atoms with Gasteiger partial charge in [0.15, 0.2) is 0 Å². The molecule has 1 atom stereocenters. The molecule has 0 spiro atoms. The van der Waals surface area contributed by atoms with Gasteiger partial charge in [-0.05, 0) is 55.9 Å². The van der Waals surface area contributed by atoms with Crippen LogP contribution in [0.2, 0.25) is 0 Å². The summed E-state index contributed by atoms with van der Waals surface area (Å²) in [7, 11) is 0. The molecule has 2 aliphatic rings. The second kappa shape index (κ2) is 4.52. The molecular weight excluding hydrogens is 196 g/mol. The molecule has 2 aliphatic carbocycles. The third-order valence-electron chi connectivity index (χ3n) is 4.78. The Morgan fingerprint density at radius 3 is 2.44 bits per heavy atom. The van der Waals surface area contributed by atoms with Gasteiger partial charge in [0.05, 0.1) is 5.60 Å². The Hall–Kier alpha value is -0.300. The summed E-state index contributed by atoms with van der Waals surface area (Å²) in [5, 5.41) is 11.0. The van der Waals surface area contributed by atoms with Crippen molar-refractivity contribution in [2.24, 2.45) is 5.41 Å². The fourth-order valence-corrected chi connectivity index (χ4v) is 3.49. The topological polar surface area (TPSA) is 20.2 Å². The van der Waals surface area contributed by atoms with Crippen LogP contribution in [-0.2, 0) is 0 Å². The van der Waals surface area contributed by atoms with Gasteiger partial charge in [-0.2, -0.15) is 0 Å². The Morgan fingerprint density at radius 1 is 1.00 bits per heavy atom. The Labute approximate surface area is 99.9 Å². The zero-order valence-corrected chi connectivity index (χ0v) is 10.9.